The van der Waals surface area contributed by atoms with Gasteiger partial charge in [-0.25, -0.2) is 9.13 Å². The van der Waals surface area contributed by atoms with E-state index in [4.69, 9.17) is 37.0 Å². The number of esters is 4. The molecule has 19 heteroatoms. The van der Waals surface area contributed by atoms with Gasteiger partial charge >= 0.3 is 39.5 Å². The summed E-state index contributed by atoms with van der Waals surface area (Å²) in [6.07, 6.45) is 66.7. The summed E-state index contributed by atoms with van der Waals surface area (Å²) in [6, 6.07) is 0. The van der Waals surface area contributed by atoms with E-state index in [-0.39, 0.29) is 25.7 Å². The Hall–Kier alpha value is -1.94. The fourth-order valence-electron chi connectivity index (χ4n) is 12.5. The van der Waals surface area contributed by atoms with Gasteiger partial charge in [-0.15, -0.1) is 0 Å². The zero-order valence-corrected chi connectivity index (χ0v) is 66.3. The van der Waals surface area contributed by atoms with Crippen molar-refractivity contribution in [3.63, 3.8) is 0 Å². The van der Waals surface area contributed by atoms with Crippen molar-refractivity contribution in [1.82, 2.24) is 0 Å². The first-order chi connectivity index (χ1) is 48.2. The Bertz CT molecular complexity index is 1880. The molecule has 0 rings (SSSR count). The molecule has 0 aromatic carbocycles. The van der Waals surface area contributed by atoms with Crippen molar-refractivity contribution in [2.45, 2.75) is 451 Å². The van der Waals surface area contributed by atoms with Crippen LogP contribution in [-0.4, -0.2) is 96.7 Å². The number of unbranched alkanes of at least 4 members (excludes halogenated alkanes) is 55. The molecule has 0 fully saturated rings. The fraction of sp³-hybridized carbons (Fsp3) is 0.950. The molecule has 0 aliphatic heterocycles. The van der Waals surface area contributed by atoms with E-state index in [9.17, 15) is 43.2 Å². The van der Waals surface area contributed by atoms with Gasteiger partial charge in [0.05, 0.1) is 26.4 Å². The minimum atomic E-state index is -4.96. The van der Waals surface area contributed by atoms with Crippen molar-refractivity contribution in [3.8, 4) is 0 Å². The second-order valence-corrected chi connectivity index (χ2v) is 31.7. The van der Waals surface area contributed by atoms with Crippen LogP contribution in [0.5, 0.6) is 0 Å². The van der Waals surface area contributed by atoms with Gasteiger partial charge < -0.3 is 33.8 Å². The number of aliphatic hydroxyl groups is 1. The van der Waals surface area contributed by atoms with Gasteiger partial charge in [-0.3, -0.25) is 37.3 Å². The third-order valence-electron chi connectivity index (χ3n) is 18.9. The second kappa shape index (κ2) is 74.3. The predicted octanol–water partition coefficient (Wildman–Crippen LogP) is 24.2. The van der Waals surface area contributed by atoms with Crippen LogP contribution in [0.15, 0.2) is 0 Å². The number of phosphoric acid groups is 2. The van der Waals surface area contributed by atoms with Gasteiger partial charge in [-0.2, -0.15) is 0 Å². The van der Waals surface area contributed by atoms with E-state index in [0.717, 1.165) is 89.9 Å². The molecule has 0 radical (unpaired) electrons. The highest BCUT2D eigenvalue weighted by atomic mass is 31.2. The Morgan fingerprint density at radius 2 is 0.404 bits per heavy atom. The van der Waals surface area contributed by atoms with Crippen molar-refractivity contribution in [2.24, 2.45) is 0 Å². The van der Waals surface area contributed by atoms with E-state index in [1.54, 1.807) is 0 Å². The van der Waals surface area contributed by atoms with E-state index >= 15 is 0 Å². The summed E-state index contributed by atoms with van der Waals surface area (Å²) in [5.74, 6) is -2.11. The number of hydrogen-bond acceptors (Lipinski definition) is 15. The van der Waals surface area contributed by atoms with Crippen molar-refractivity contribution in [1.29, 1.82) is 0 Å². The highest BCUT2D eigenvalue weighted by Gasteiger charge is 2.30. The average molecular weight is 1450 g/mol. The SMILES string of the molecule is CCCCCCCCCCCCCCCCCCCCCCCC(=O)O[C@H](COC(=O)CCCCCCCCCCCCCCCCCCC)COP(=O)(O)OC[C@@H](O)COP(=O)(O)OC[C@@H](COC(=O)CCCCCCCCCCC)OC(=O)CCCCCCCCCCCCCC. The van der Waals surface area contributed by atoms with Crippen LogP contribution in [0.4, 0.5) is 0 Å². The molecule has 99 heavy (non-hydrogen) atoms. The van der Waals surface area contributed by atoms with Gasteiger partial charge in [0.1, 0.15) is 19.3 Å². The van der Waals surface area contributed by atoms with Gasteiger partial charge in [-0.05, 0) is 25.7 Å². The number of hydrogen-bond donors (Lipinski definition) is 3. The normalized spacial score (nSPS) is 13.8. The smallest absolute Gasteiger partial charge is 0.462 e. The second-order valence-electron chi connectivity index (χ2n) is 28.8. The van der Waals surface area contributed by atoms with E-state index < -0.39 is 97.5 Å². The molecule has 0 saturated heterocycles. The maximum Gasteiger partial charge on any atom is 0.472 e. The fourth-order valence-corrected chi connectivity index (χ4v) is 14.0. The number of carbonyl (C=O) groups is 4. The van der Waals surface area contributed by atoms with E-state index in [1.807, 2.05) is 0 Å². The van der Waals surface area contributed by atoms with Gasteiger partial charge in [0, 0.05) is 25.7 Å². The maximum absolute atomic E-state index is 13.1. The molecule has 0 aliphatic carbocycles. The van der Waals surface area contributed by atoms with Crippen LogP contribution in [0.3, 0.4) is 0 Å². The molecular formula is C80H156O17P2. The molecule has 2 unspecified atom stereocenters. The monoisotopic (exact) mass is 1450 g/mol. The van der Waals surface area contributed by atoms with Crippen molar-refractivity contribution in [3.05, 3.63) is 0 Å². The zero-order chi connectivity index (χ0) is 72.5. The molecule has 588 valence electrons. The number of phosphoric ester groups is 2. The molecule has 3 N–H and O–H groups in total. The largest absolute Gasteiger partial charge is 0.472 e. The van der Waals surface area contributed by atoms with Crippen molar-refractivity contribution >= 4 is 39.5 Å². The molecular weight excluding hydrogens is 1290 g/mol. The lowest BCUT2D eigenvalue weighted by Gasteiger charge is -2.21. The van der Waals surface area contributed by atoms with Crippen molar-refractivity contribution in [2.75, 3.05) is 39.6 Å². The Balaban J connectivity index is 5.19. The van der Waals surface area contributed by atoms with Crippen molar-refractivity contribution < 1.29 is 80.2 Å². The molecule has 0 aromatic heterocycles. The van der Waals surface area contributed by atoms with Crippen LogP contribution < -0.4 is 0 Å². The molecule has 5 atom stereocenters. The number of aliphatic hydroxyl groups excluding tert-OH is 1. The summed E-state index contributed by atoms with van der Waals surface area (Å²) in [4.78, 5) is 72.9. The van der Waals surface area contributed by atoms with Crippen LogP contribution >= 0.6 is 15.6 Å². The van der Waals surface area contributed by atoms with Crippen LogP contribution in [0.1, 0.15) is 432 Å². The third kappa shape index (κ3) is 74.1. The minimum Gasteiger partial charge on any atom is -0.462 e. The highest BCUT2D eigenvalue weighted by Crippen LogP contribution is 2.45. The highest BCUT2D eigenvalue weighted by molar-refractivity contribution is 7.47. The molecule has 17 nitrogen and oxygen atoms in total. The van der Waals surface area contributed by atoms with Crippen LogP contribution in [0.25, 0.3) is 0 Å². The molecule has 0 amide bonds. The Morgan fingerprint density at radius 1 is 0.242 bits per heavy atom. The van der Waals surface area contributed by atoms with Gasteiger partial charge in [-0.1, -0.05) is 381 Å². The predicted molar refractivity (Wildman–Crippen MR) is 405 cm³/mol. The Morgan fingerprint density at radius 3 is 0.596 bits per heavy atom. The first-order valence-electron chi connectivity index (χ1n) is 41.8. The lowest BCUT2D eigenvalue weighted by molar-refractivity contribution is -0.161. The summed E-state index contributed by atoms with van der Waals surface area (Å²) in [6.45, 7) is 5.00. The molecule has 0 heterocycles. The first kappa shape index (κ1) is 97.1. The molecule has 0 saturated carbocycles. The number of carbonyl (C=O) groups excluding carboxylic acids is 4. The quantitative estimate of drug-likeness (QED) is 0.0222. The van der Waals surface area contributed by atoms with Crippen LogP contribution in [0, 0.1) is 0 Å². The van der Waals surface area contributed by atoms with E-state index in [2.05, 4.69) is 27.7 Å². The zero-order valence-electron chi connectivity index (χ0n) is 64.5. The van der Waals surface area contributed by atoms with Gasteiger partial charge in [0.15, 0.2) is 12.2 Å². The van der Waals surface area contributed by atoms with Crippen LogP contribution in [-0.2, 0) is 65.4 Å². The summed E-state index contributed by atoms with van der Waals surface area (Å²) in [5, 5.41) is 10.6. The summed E-state index contributed by atoms with van der Waals surface area (Å²) < 4.78 is 68.6. The maximum atomic E-state index is 13.1. The minimum absolute atomic E-state index is 0.108. The van der Waals surface area contributed by atoms with Gasteiger partial charge in [0.25, 0.3) is 0 Å². The Labute approximate surface area is 607 Å². The standard InChI is InChI=1S/C80H156O17P2/c1-5-9-13-17-21-25-28-31-33-35-36-37-38-40-42-44-47-51-55-59-63-67-80(85)97-76(71-91-78(83)65-61-57-53-49-46-43-41-39-34-32-29-26-22-18-14-10-6-2)73-95-99(88,89)93-69-74(81)68-92-98(86,87)94-72-75(70-90-77(82)64-60-56-52-48-24-20-16-12-8-4)96-79(84)66-62-58-54-50-45-30-27-23-19-15-11-7-3/h74-76,81H,5-73H2,1-4H3,(H,86,87)(H,88,89)/t74-,75+,76+/m0/s1. The number of rotatable bonds is 81. The molecule has 0 aromatic rings. The lowest BCUT2D eigenvalue weighted by atomic mass is 10.0. The average Bonchev–Trinajstić information content (AvgIpc) is 0.964. The van der Waals surface area contributed by atoms with Crippen LogP contribution in [0.2, 0.25) is 0 Å². The molecule has 0 spiro atoms. The third-order valence-corrected chi connectivity index (χ3v) is 20.8. The summed E-state index contributed by atoms with van der Waals surface area (Å²) in [5.41, 5.74) is 0. The molecule has 0 aliphatic rings. The van der Waals surface area contributed by atoms with E-state index in [0.29, 0.717) is 25.7 Å². The summed E-state index contributed by atoms with van der Waals surface area (Å²) in [7, 11) is -9.91. The topological polar surface area (TPSA) is 237 Å². The number of ether oxygens (including phenoxy) is 4. The Kier molecular flexibility index (Phi) is 72.9. The first-order valence-corrected chi connectivity index (χ1v) is 44.8. The lowest BCUT2D eigenvalue weighted by Crippen LogP contribution is -2.30. The van der Waals surface area contributed by atoms with E-state index in [1.165, 1.54) is 263 Å². The van der Waals surface area contributed by atoms with Gasteiger partial charge in [0.2, 0.25) is 0 Å². The summed E-state index contributed by atoms with van der Waals surface area (Å²) >= 11 is 0. The molecule has 0 bridgehead atoms.